The highest BCUT2D eigenvalue weighted by atomic mass is 35.5. The second-order valence-electron chi connectivity index (χ2n) is 3.27. The van der Waals surface area contributed by atoms with Crippen molar-refractivity contribution in [1.29, 1.82) is 0 Å². The summed E-state index contributed by atoms with van der Waals surface area (Å²) in [5.41, 5.74) is 7.08. The molecule has 6 heteroatoms. The molecule has 0 fully saturated rings. The van der Waals surface area contributed by atoms with E-state index in [1.165, 1.54) is 4.88 Å². The first-order chi connectivity index (χ1) is 7.66. The number of hydrogen-bond donors (Lipinski definition) is 2. The molecule has 4 nitrogen and oxygen atoms in total. The largest absolute Gasteiger partial charge is 0.394 e. The highest BCUT2D eigenvalue weighted by molar-refractivity contribution is 7.09. The molecule has 84 valence electrons. The van der Waals surface area contributed by atoms with Crippen LogP contribution in [0.1, 0.15) is 10.6 Å². The van der Waals surface area contributed by atoms with E-state index in [0.29, 0.717) is 23.7 Å². The van der Waals surface area contributed by atoms with Crippen LogP contribution in [-0.2, 0) is 6.54 Å². The molecule has 0 bridgehead atoms. The number of aromatic nitrogens is 2. The first-order valence-corrected chi connectivity index (χ1v) is 5.98. The number of rotatable bonds is 3. The van der Waals surface area contributed by atoms with Crippen LogP contribution in [0.3, 0.4) is 0 Å². The minimum absolute atomic E-state index is 0.209. The van der Waals surface area contributed by atoms with Gasteiger partial charge in [0.15, 0.2) is 5.82 Å². The van der Waals surface area contributed by atoms with Gasteiger partial charge in [-0.15, -0.1) is 11.3 Å². The minimum atomic E-state index is 0.209. The highest BCUT2D eigenvalue weighted by Crippen LogP contribution is 2.21. The van der Waals surface area contributed by atoms with Gasteiger partial charge in [0.2, 0.25) is 5.28 Å². The Kier molecular flexibility index (Phi) is 3.26. The molecule has 16 heavy (non-hydrogen) atoms. The maximum Gasteiger partial charge on any atom is 0.224 e. The first kappa shape index (κ1) is 11.2. The van der Waals surface area contributed by atoms with Crippen molar-refractivity contribution in [3.63, 3.8) is 0 Å². The normalized spacial score (nSPS) is 10.4. The summed E-state index contributed by atoms with van der Waals surface area (Å²) in [7, 11) is 0. The smallest absolute Gasteiger partial charge is 0.224 e. The van der Waals surface area contributed by atoms with Crippen LogP contribution in [0.5, 0.6) is 0 Å². The van der Waals surface area contributed by atoms with Crippen LogP contribution >= 0.6 is 22.9 Å². The average molecular weight is 255 g/mol. The summed E-state index contributed by atoms with van der Waals surface area (Å²) in [4.78, 5) is 9.24. The topological polar surface area (TPSA) is 63.8 Å². The second-order valence-corrected chi connectivity index (χ2v) is 4.64. The SMILES string of the molecule is Cc1nc(Cl)nc(NCc2cccs2)c1N. The lowest BCUT2D eigenvalue weighted by Crippen LogP contribution is -2.06. The van der Waals surface area contributed by atoms with Crippen molar-refractivity contribution in [2.75, 3.05) is 11.1 Å². The van der Waals surface area contributed by atoms with Crippen molar-refractivity contribution < 1.29 is 0 Å². The van der Waals surface area contributed by atoms with E-state index >= 15 is 0 Å². The molecule has 2 rings (SSSR count). The fraction of sp³-hybridized carbons (Fsp3) is 0.200. The Morgan fingerprint density at radius 2 is 2.31 bits per heavy atom. The zero-order valence-corrected chi connectivity index (χ0v) is 10.3. The van der Waals surface area contributed by atoms with Crippen molar-refractivity contribution in [3.8, 4) is 0 Å². The van der Waals surface area contributed by atoms with Gasteiger partial charge in [0, 0.05) is 4.88 Å². The fourth-order valence-electron chi connectivity index (χ4n) is 1.27. The number of nitrogen functional groups attached to an aromatic ring is 1. The van der Waals surface area contributed by atoms with Crippen LogP contribution in [0.2, 0.25) is 5.28 Å². The number of halogens is 1. The van der Waals surface area contributed by atoms with Crippen molar-refractivity contribution in [1.82, 2.24) is 9.97 Å². The molecule has 0 radical (unpaired) electrons. The van der Waals surface area contributed by atoms with Gasteiger partial charge in [0.25, 0.3) is 0 Å². The van der Waals surface area contributed by atoms with E-state index < -0.39 is 0 Å². The molecule has 0 aliphatic heterocycles. The van der Waals surface area contributed by atoms with Crippen LogP contribution in [0.15, 0.2) is 17.5 Å². The number of aryl methyl sites for hydroxylation is 1. The number of anilines is 2. The van der Waals surface area contributed by atoms with Gasteiger partial charge < -0.3 is 11.1 Å². The average Bonchev–Trinajstić information content (AvgIpc) is 2.74. The molecule has 0 aliphatic carbocycles. The Morgan fingerprint density at radius 1 is 1.50 bits per heavy atom. The Bertz CT molecular complexity index is 484. The Hall–Kier alpha value is -1.33. The van der Waals surface area contributed by atoms with Gasteiger partial charge in [-0.3, -0.25) is 0 Å². The van der Waals surface area contributed by atoms with Crippen LogP contribution in [-0.4, -0.2) is 9.97 Å². The molecule has 0 saturated carbocycles. The zero-order valence-electron chi connectivity index (χ0n) is 8.70. The predicted molar refractivity (Wildman–Crippen MR) is 67.8 cm³/mol. The molecular formula is C10H11ClN4S. The number of nitrogens with zero attached hydrogens (tertiary/aromatic N) is 2. The molecule has 0 aromatic carbocycles. The van der Waals surface area contributed by atoms with E-state index in [0.717, 1.165) is 0 Å². The van der Waals surface area contributed by atoms with Crippen LogP contribution < -0.4 is 11.1 Å². The van der Waals surface area contributed by atoms with Crippen molar-refractivity contribution >= 4 is 34.4 Å². The van der Waals surface area contributed by atoms with Gasteiger partial charge in [0.05, 0.1) is 17.9 Å². The summed E-state index contributed by atoms with van der Waals surface area (Å²) < 4.78 is 0. The summed E-state index contributed by atoms with van der Waals surface area (Å²) in [5.74, 6) is 0.589. The van der Waals surface area contributed by atoms with E-state index in [-0.39, 0.29) is 5.28 Å². The number of nitrogens with two attached hydrogens (primary N) is 1. The third-order valence-electron chi connectivity index (χ3n) is 2.12. The van der Waals surface area contributed by atoms with Gasteiger partial charge in [-0.1, -0.05) is 6.07 Å². The van der Waals surface area contributed by atoms with E-state index in [1.54, 1.807) is 18.3 Å². The van der Waals surface area contributed by atoms with E-state index in [4.69, 9.17) is 17.3 Å². The molecule has 0 saturated heterocycles. The lowest BCUT2D eigenvalue weighted by molar-refractivity contribution is 1.07. The van der Waals surface area contributed by atoms with Crippen molar-refractivity contribution in [2.24, 2.45) is 0 Å². The molecule has 2 heterocycles. The lowest BCUT2D eigenvalue weighted by Gasteiger charge is -2.09. The Balaban J connectivity index is 2.15. The van der Waals surface area contributed by atoms with Crippen LogP contribution in [0.4, 0.5) is 11.5 Å². The molecule has 2 aromatic heterocycles. The molecule has 0 amide bonds. The van der Waals surface area contributed by atoms with Gasteiger partial charge in [-0.05, 0) is 30.0 Å². The second kappa shape index (κ2) is 4.67. The van der Waals surface area contributed by atoms with Gasteiger partial charge in [-0.2, -0.15) is 4.98 Å². The number of hydrogen-bond acceptors (Lipinski definition) is 5. The summed E-state index contributed by atoms with van der Waals surface area (Å²) in [6.07, 6.45) is 0. The van der Waals surface area contributed by atoms with Crippen molar-refractivity contribution in [3.05, 3.63) is 33.4 Å². The Labute approximate surface area is 102 Å². The minimum Gasteiger partial charge on any atom is -0.394 e. The van der Waals surface area contributed by atoms with Crippen LogP contribution in [0.25, 0.3) is 0 Å². The number of nitrogens with one attached hydrogen (secondary N) is 1. The summed E-state index contributed by atoms with van der Waals surface area (Å²) in [5, 5.41) is 5.38. The first-order valence-electron chi connectivity index (χ1n) is 4.72. The zero-order chi connectivity index (χ0) is 11.5. The van der Waals surface area contributed by atoms with Gasteiger partial charge >= 0.3 is 0 Å². The van der Waals surface area contributed by atoms with Gasteiger partial charge in [-0.25, -0.2) is 4.98 Å². The van der Waals surface area contributed by atoms with E-state index in [9.17, 15) is 0 Å². The highest BCUT2D eigenvalue weighted by Gasteiger charge is 2.07. The summed E-state index contributed by atoms with van der Waals surface area (Å²) in [6.45, 7) is 2.49. The molecule has 0 aliphatic rings. The molecule has 0 atom stereocenters. The molecule has 0 unspecified atom stereocenters. The van der Waals surface area contributed by atoms with Gasteiger partial charge in [0.1, 0.15) is 0 Å². The maximum absolute atomic E-state index is 5.85. The van der Waals surface area contributed by atoms with Crippen molar-refractivity contribution in [2.45, 2.75) is 13.5 Å². The predicted octanol–water partition coefficient (Wildman–Crippen LogP) is 2.69. The van der Waals surface area contributed by atoms with Crippen LogP contribution in [0, 0.1) is 6.92 Å². The lowest BCUT2D eigenvalue weighted by atomic mass is 10.3. The number of thiophene rings is 1. The Morgan fingerprint density at radius 3 is 3.00 bits per heavy atom. The summed E-state index contributed by atoms with van der Waals surface area (Å²) >= 11 is 7.44. The third-order valence-corrected chi connectivity index (χ3v) is 3.16. The fourth-order valence-corrected chi connectivity index (χ4v) is 2.12. The standard InChI is InChI=1S/C10H11ClN4S/c1-6-8(12)9(15-10(11)14-6)13-5-7-3-2-4-16-7/h2-4H,5,12H2,1H3,(H,13,14,15). The summed E-state index contributed by atoms with van der Waals surface area (Å²) in [6, 6.07) is 4.05. The van der Waals surface area contributed by atoms with E-state index in [2.05, 4.69) is 15.3 Å². The third kappa shape index (κ3) is 2.43. The molecule has 3 N–H and O–H groups in total. The molecule has 0 spiro atoms. The van der Waals surface area contributed by atoms with E-state index in [1.807, 2.05) is 17.5 Å². The molecule has 2 aromatic rings. The maximum atomic E-state index is 5.85. The molecular weight excluding hydrogens is 244 g/mol. The quantitative estimate of drug-likeness (QED) is 0.827. The monoisotopic (exact) mass is 254 g/mol.